The first-order chi connectivity index (χ1) is 8.02. The van der Waals surface area contributed by atoms with Gasteiger partial charge in [0.2, 0.25) is 0 Å². The summed E-state index contributed by atoms with van der Waals surface area (Å²) in [6, 6.07) is 1.68. The molecule has 6 heteroatoms. The van der Waals surface area contributed by atoms with Crippen LogP contribution in [0.25, 0.3) is 11.0 Å². The van der Waals surface area contributed by atoms with Crippen LogP contribution in [0.3, 0.4) is 0 Å². The highest BCUT2D eigenvalue weighted by atomic mass is 35.5. The minimum atomic E-state index is -0.0924. The lowest BCUT2D eigenvalue weighted by molar-refractivity contribution is 0.671. The molecule has 0 aliphatic carbocycles. The van der Waals surface area contributed by atoms with Crippen LogP contribution in [-0.4, -0.2) is 9.13 Å². The van der Waals surface area contributed by atoms with Crippen molar-refractivity contribution in [2.75, 3.05) is 0 Å². The van der Waals surface area contributed by atoms with Crippen LogP contribution in [0.4, 0.5) is 0 Å². The summed E-state index contributed by atoms with van der Waals surface area (Å²) in [4.78, 5) is 12.1. The van der Waals surface area contributed by atoms with E-state index in [0.717, 1.165) is 5.52 Å². The first-order valence-corrected chi connectivity index (χ1v) is 6.42. The number of fused-ring (bicyclic) bond motifs is 1. The van der Waals surface area contributed by atoms with Crippen LogP contribution in [0.1, 0.15) is 13.8 Å². The Labute approximate surface area is 113 Å². The number of aromatic nitrogens is 2. The number of benzene rings is 1. The molecule has 2 aromatic rings. The Morgan fingerprint density at radius 1 is 1.06 bits per heavy atom. The van der Waals surface area contributed by atoms with Gasteiger partial charge < -0.3 is 0 Å². The molecule has 1 aromatic carbocycles. The van der Waals surface area contributed by atoms with E-state index >= 15 is 0 Å². The maximum Gasteiger partial charge on any atom is 0.329 e. The molecule has 0 radical (unpaired) electrons. The first-order valence-electron chi connectivity index (χ1n) is 5.29. The second-order valence-electron chi connectivity index (χ2n) is 3.63. The van der Waals surface area contributed by atoms with E-state index in [2.05, 4.69) is 0 Å². The maximum atomic E-state index is 12.1. The molecule has 1 heterocycles. The molecule has 0 aliphatic heterocycles. The van der Waals surface area contributed by atoms with Gasteiger partial charge in [-0.05, 0) is 19.9 Å². The SMILES string of the molecule is CCn1c(=O)n(CC)c2c(Cl)c(Cl)c(Cl)cc21. The van der Waals surface area contributed by atoms with E-state index in [1.165, 1.54) is 0 Å². The smallest absolute Gasteiger partial charge is 0.292 e. The summed E-state index contributed by atoms with van der Waals surface area (Å²) in [5.74, 6) is 0. The van der Waals surface area contributed by atoms with Gasteiger partial charge in [0.05, 0.1) is 26.1 Å². The minimum absolute atomic E-state index is 0.0924. The van der Waals surface area contributed by atoms with Crippen LogP contribution in [0.5, 0.6) is 0 Å². The average Bonchev–Trinajstić information content (AvgIpc) is 2.58. The third-order valence-corrected chi connectivity index (χ3v) is 4.02. The van der Waals surface area contributed by atoms with Gasteiger partial charge >= 0.3 is 5.69 Å². The van der Waals surface area contributed by atoms with Gasteiger partial charge in [0.15, 0.2) is 0 Å². The lowest BCUT2D eigenvalue weighted by Gasteiger charge is -2.04. The molecule has 0 amide bonds. The van der Waals surface area contributed by atoms with E-state index in [1.54, 1.807) is 15.2 Å². The Morgan fingerprint density at radius 3 is 2.18 bits per heavy atom. The number of nitrogens with zero attached hydrogens (tertiary/aromatic N) is 2. The molecule has 0 saturated carbocycles. The van der Waals surface area contributed by atoms with E-state index in [-0.39, 0.29) is 10.7 Å². The van der Waals surface area contributed by atoms with Gasteiger partial charge in [0, 0.05) is 13.1 Å². The molecule has 0 unspecified atom stereocenters. The van der Waals surface area contributed by atoms with Crippen molar-refractivity contribution < 1.29 is 0 Å². The van der Waals surface area contributed by atoms with Gasteiger partial charge in [-0.1, -0.05) is 34.8 Å². The Kier molecular flexibility index (Phi) is 3.43. The highest BCUT2D eigenvalue weighted by molar-refractivity contribution is 6.50. The van der Waals surface area contributed by atoms with Crippen LogP contribution in [0, 0.1) is 0 Å². The second-order valence-corrected chi connectivity index (χ2v) is 4.79. The third kappa shape index (κ3) is 1.77. The van der Waals surface area contributed by atoms with Crippen molar-refractivity contribution in [3.8, 4) is 0 Å². The van der Waals surface area contributed by atoms with Gasteiger partial charge in [-0.15, -0.1) is 0 Å². The number of rotatable bonds is 2. The highest BCUT2D eigenvalue weighted by Gasteiger charge is 2.18. The molecule has 92 valence electrons. The zero-order valence-electron chi connectivity index (χ0n) is 9.43. The van der Waals surface area contributed by atoms with E-state index in [0.29, 0.717) is 28.7 Å². The summed E-state index contributed by atoms with van der Waals surface area (Å²) in [6.07, 6.45) is 0. The van der Waals surface area contributed by atoms with Crippen LogP contribution < -0.4 is 5.69 Å². The summed E-state index contributed by atoms with van der Waals surface area (Å²) in [7, 11) is 0. The zero-order chi connectivity index (χ0) is 12.7. The monoisotopic (exact) mass is 292 g/mol. The molecule has 0 fully saturated rings. The van der Waals surface area contributed by atoms with Crippen LogP contribution in [0.15, 0.2) is 10.9 Å². The van der Waals surface area contributed by atoms with Gasteiger partial charge in [0.25, 0.3) is 0 Å². The van der Waals surface area contributed by atoms with Crippen LogP contribution in [-0.2, 0) is 13.1 Å². The Bertz CT molecular complexity index is 642. The topological polar surface area (TPSA) is 26.9 Å². The molecule has 0 atom stereocenters. The van der Waals surface area contributed by atoms with Crippen molar-refractivity contribution in [1.82, 2.24) is 9.13 Å². The maximum absolute atomic E-state index is 12.1. The molecular weight excluding hydrogens is 282 g/mol. The third-order valence-electron chi connectivity index (χ3n) is 2.77. The number of hydrogen-bond acceptors (Lipinski definition) is 1. The van der Waals surface area contributed by atoms with Crippen molar-refractivity contribution >= 4 is 45.8 Å². The highest BCUT2D eigenvalue weighted by Crippen LogP contribution is 2.36. The van der Waals surface area contributed by atoms with Crippen molar-refractivity contribution in [3.63, 3.8) is 0 Å². The van der Waals surface area contributed by atoms with Crippen molar-refractivity contribution in [2.45, 2.75) is 26.9 Å². The lowest BCUT2D eigenvalue weighted by atomic mass is 10.3. The van der Waals surface area contributed by atoms with Gasteiger partial charge in [-0.2, -0.15) is 0 Å². The lowest BCUT2D eigenvalue weighted by Crippen LogP contribution is -2.23. The van der Waals surface area contributed by atoms with Crippen molar-refractivity contribution in [3.05, 3.63) is 31.6 Å². The second kappa shape index (κ2) is 4.56. The molecule has 0 spiro atoms. The Morgan fingerprint density at radius 2 is 1.65 bits per heavy atom. The average molecular weight is 294 g/mol. The van der Waals surface area contributed by atoms with Gasteiger partial charge in [-0.25, -0.2) is 4.79 Å². The standard InChI is InChI=1S/C11H11Cl3N2O/c1-3-15-7-5-6(12)8(13)9(14)10(7)16(4-2)11(15)17/h5H,3-4H2,1-2H3. The van der Waals surface area contributed by atoms with E-state index < -0.39 is 0 Å². The molecule has 0 bridgehead atoms. The predicted molar refractivity (Wildman–Crippen MR) is 72.6 cm³/mol. The number of hydrogen-bond donors (Lipinski definition) is 0. The molecular formula is C11H11Cl3N2O. The molecule has 3 nitrogen and oxygen atoms in total. The van der Waals surface area contributed by atoms with Crippen molar-refractivity contribution in [2.24, 2.45) is 0 Å². The van der Waals surface area contributed by atoms with E-state index in [9.17, 15) is 4.79 Å². The zero-order valence-corrected chi connectivity index (χ0v) is 11.7. The largest absolute Gasteiger partial charge is 0.329 e. The fourth-order valence-corrected chi connectivity index (χ4v) is 2.67. The molecule has 2 rings (SSSR count). The number of imidazole rings is 1. The van der Waals surface area contributed by atoms with Crippen LogP contribution >= 0.6 is 34.8 Å². The molecule has 1 aromatic heterocycles. The quantitative estimate of drug-likeness (QED) is 0.774. The predicted octanol–water partition coefficient (Wildman–Crippen LogP) is 3.80. The van der Waals surface area contributed by atoms with E-state index in [1.807, 2.05) is 13.8 Å². The minimum Gasteiger partial charge on any atom is -0.292 e. The number of halogens is 3. The summed E-state index contributed by atoms with van der Waals surface area (Å²) >= 11 is 18.2. The fourth-order valence-electron chi connectivity index (χ4n) is 1.98. The fraction of sp³-hybridized carbons (Fsp3) is 0.364. The molecule has 0 N–H and O–H groups in total. The Hall–Kier alpha value is -0.640. The molecule has 0 aliphatic rings. The van der Waals surface area contributed by atoms with Crippen molar-refractivity contribution in [1.29, 1.82) is 0 Å². The normalized spacial score (nSPS) is 11.4. The summed E-state index contributed by atoms with van der Waals surface area (Å²) < 4.78 is 3.23. The summed E-state index contributed by atoms with van der Waals surface area (Å²) in [6.45, 7) is 4.90. The summed E-state index contributed by atoms with van der Waals surface area (Å²) in [5, 5.41) is 0.983. The Balaban J connectivity index is 3.05. The van der Waals surface area contributed by atoms with Crippen LogP contribution in [0.2, 0.25) is 15.1 Å². The van der Waals surface area contributed by atoms with Gasteiger partial charge in [-0.3, -0.25) is 9.13 Å². The molecule has 17 heavy (non-hydrogen) atoms. The number of aryl methyl sites for hydroxylation is 2. The first kappa shape index (κ1) is 12.8. The molecule has 0 saturated heterocycles. The van der Waals surface area contributed by atoms with E-state index in [4.69, 9.17) is 34.8 Å². The summed E-state index contributed by atoms with van der Waals surface area (Å²) in [5.41, 5.74) is 1.28. The van der Waals surface area contributed by atoms with Gasteiger partial charge in [0.1, 0.15) is 0 Å².